The molecule has 0 aliphatic rings. The average molecular weight is 279 g/mol. The van der Waals surface area contributed by atoms with Gasteiger partial charge in [0.2, 0.25) is 5.95 Å². The fourth-order valence-electron chi connectivity index (χ4n) is 2.48. The third kappa shape index (κ3) is 1.74. The highest BCUT2D eigenvalue weighted by Crippen LogP contribution is 2.26. The second-order valence-electron chi connectivity index (χ2n) is 4.74. The van der Waals surface area contributed by atoms with Gasteiger partial charge < -0.3 is 5.32 Å². The molecule has 0 saturated heterocycles. The smallest absolute Gasteiger partial charge is 0.240 e. The Hall–Kier alpha value is -2.96. The maximum absolute atomic E-state index is 4.63. The molecular weight excluding hydrogens is 266 g/mol. The minimum absolute atomic E-state index is 0.598. The quantitative estimate of drug-likeness (QED) is 0.605. The van der Waals surface area contributed by atoms with Crippen molar-refractivity contribution in [2.24, 2.45) is 0 Å². The van der Waals surface area contributed by atoms with Crippen LogP contribution in [0.4, 0.5) is 5.95 Å². The Balaban J connectivity index is 1.97. The summed E-state index contributed by atoms with van der Waals surface area (Å²) in [4.78, 5) is 9.07. The summed E-state index contributed by atoms with van der Waals surface area (Å²) in [5, 5.41) is 11.5. The molecular formula is C14H13N7. The first-order valence-electron chi connectivity index (χ1n) is 6.61. The Morgan fingerprint density at radius 2 is 1.90 bits per heavy atom. The van der Waals surface area contributed by atoms with Crippen molar-refractivity contribution in [3.05, 3.63) is 42.5 Å². The molecule has 4 rings (SSSR count). The van der Waals surface area contributed by atoms with Crippen LogP contribution in [0.1, 0.15) is 5.69 Å². The lowest BCUT2D eigenvalue weighted by atomic mass is 10.2. The summed E-state index contributed by atoms with van der Waals surface area (Å²) in [6.07, 6.45) is 5.55. The molecule has 0 spiro atoms. The summed E-state index contributed by atoms with van der Waals surface area (Å²) in [5.41, 5.74) is 4.58. The van der Waals surface area contributed by atoms with Gasteiger partial charge in [0.1, 0.15) is 0 Å². The molecule has 0 atom stereocenters. The highest BCUT2D eigenvalue weighted by atomic mass is 15.3. The Kier molecular flexibility index (Phi) is 2.41. The number of aromatic nitrogens is 6. The van der Waals surface area contributed by atoms with Crippen LogP contribution < -0.4 is 5.32 Å². The van der Waals surface area contributed by atoms with Crippen LogP contribution in [0.2, 0.25) is 0 Å². The Morgan fingerprint density at radius 1 is 1.05 bits per heavy atom. The van der Waals surface area contributed by atoms with E-state index in [1.807, 2.05) is 42.0 Å². The Labute approximate surface area is 120 Å². The van der Waals surface area contributed by atoms with E-state index in [-0.39, 0.29) is 0 Å². The maximum Gasteiger partial charge on any atom is 0.240 e. The van der Waals surface area contributed by atoms with Gasteiger partial charge in [-0.15, -0.1) is 5.10 Å². The van der Waals surface area contributed by atoms with Gasteiger partial charge in [0.15, 0.2) is 5.65 Å². The standard InChI is InChI=1S/C14H13N7/c1-9-13-10(4-7-21(13)19-14(15-2)17-9)11-5-8-20-12(18-11)3-6-16-20/h3-8H,1-2H3,(H,15,19). The second-order valence-corrected chi connectivity index (χ2v) is 4.74. The SMILES string of the molecule is CNc1nc(C)c2c(-c3ccn4nccc4n3)ccn2n1. The molecule has 0 radical (unpaired) electrons. The number of aryl methyl sites for hydroxylation is 1. The fraction of sp³-hybridized carbons (Fsp3) is 0.143. The topological polar surface area (TPSA) is 72.4 Å². The molecule has 0 unspecified atom stereocenters. The molecule has 4 heterocycles. The van der Waals surface area contributed by atoms with E-state index in [1.165, 1.54) is 0 Å². The number of hydrogen-bond acceptors (Lipinski definition) is 5. The van der Waals surface area contributed by atoms with E-state index in [0.717, 1.165) is 28.1 Å². The van der Waals surface area contributed by atoms with Gasteiger partial charge in [0, 0.05) is 31.1 Å². The maximum atomic E-state index is 4.63. The van der Waals surface area contributed by atoms with Crippen LogP contribution >= 0.6 is 0 Å². The second kappa shape index (κ2) is 4.27. The summed E-state index contributed by atoms with van der Waals surface area (Å²) in [7, 11) is 1.81. The minimum Gasteiger partial charge on any atom is -0.356 e. The molecule has 1 N–H and O–H groups in total. The largest absolute Gasteiger partial charge is 0.356 e. The summed E-state index contributed by atoms with van der Waals surface area (Å²) in [6.45, 7) is 1.97. The van der Waals surface area contributed by atoms with Crippen molar-refractivity contribution in [2.45, 2.75) is 6.92 Å². The van der Waals surface area contributed by atoms with Gasteiger partial charge in [-0.25, -0.2) is 19.0 Å². The molecule has 7 nitrogen and oxygen atoms in total. The van der Waals surface area contributed by atoms with Gasteiger partial charge in [-0.3, -0.25) is 0 Å². The van der Waals surface area contributed by atoms with E-state index in [9.17, 15) is 0 Å². The van der Waals surface area contributed by atoms with E-state index >= 15 is 0 Å². The molecule has 0 aliphatic carbocycles. The molecule has 21 heavy (non-hydrogen) atoms. The van der Waals surface area contributed by atoms with E-state index in [2.05, 4.69) is 25.5 Å². The van der Waals surface area contributed by atoms with Gasteiger partial charge in [0.05, 0.1) is 23.1 Å². The number of rotatable bonds is 2. The highest BCUT2D eigenvalue weighted by Gasteiger charge is 2.12. The van der Waals surface area contributed by atoms with Crippen molar-refractivity contribution in [1.29, 1.82) is 0 Å². The van der Waals surface area contributed by atoms with E-state index in [1.54, 1.807) is 17.8 Å². The first kappa shape index (κ1) is 11.8. The molecule has 0 bridgehead atoms. The third-order valence-corrected chi connectivity index (χ3v) is 3.44. The first-order chi connectivity index (χ1) is 10.3. The van der Waals surface area contributed by atoms with Gasteiger partial charge in [-0.05, 0) is 19.1 Å². The van der Waals surface area contributed by atoms with Gasteiger partial charge in [-0.1, -0.05) is 0 Å². The van der Waals surface area contributed by atoms with Gasteiger partial charge in [-0.2, -0.15) is 5.10 Å². The van der Waals surface area contributed by atoms with Crippen LogP contribution in [0.3, 0.4) is 0 Å². The summed E-state index contributed by atoms with van der Waals surface area (Å²) < 4.78 is 3.57. The number of fused-ring (bicyclic) bond motifs is 2. The normalized spacial score (nSPS) is 11.3. The average Bonchev–Trinajstić information content (AvgIpc) is 3.12. The fourth-order valence-corrected chi connectivity index (χ4v) is 2.48. The molecule has 0 aromatic carbocycles. The van der Waals surface area contributed by atoms with Crippen LogP contribution in [0.15, 0.2) is 36.8 Å². The van der Waals surface area contributed by atoms with Crippen LogP contribution in [0, 0.1) is 6.92 Å². The van der Waals surface area contributed by atoms with Crippen molar-refractivity contribution in [3.63, 3.8) is 0 Å². The predicted molar refractivity (Wildman–Crippen MR) is 79.3 cm³/mol. The van der Waals surface area contributed by atoms with Crippen LogP contribution in [0.25, 0.3) is 22.4 Å². The van der Waals surface area contributed by atoms with Crippen molar-refractivity contribution < 1.29 is 0 Å². The minimum atomic E-state index is 0.598. The zero-order valence-corrected chi connectivity index (χ0v) is 11.6. The molecule has 0 aliphatic heterocycles. The summed E-state index contributed by atoms with van der Waals surface area (Å²) >= 11 is 0. The first-order valence-corrected chi connectivity index (χ1v) is 6.61. The lowest BCUT2D eigenvalue weighted by Gasteiger charge is -2.05. The van der Waals surface area contributed by atoms with Crippen molar-refractivity contribution in [1.82, 2.24) is 29.2 Å². The van der Waals surface area contributed by atoms with Crippen molar-refractivity contribution >= 4 is 17.1 Å². The number of hydrogen-bond donors (Lipinski definition) is 1. The molecule has 4 aromatic rings. The van der Waals surface area contributed by atoms with E-state index in [4.69, 9.17) is 0 Å². The van der Waals surface area contributed by atoms with Gasteiger partial charge >= 0.3 is 0 Å². The summed E-state index contributed by atoms with van der Waals surface area (Å²) in [6, 6.07) is 5.83. The zero-order valence-electron chi connectivity index (χ0n) is 11.6. The van der Waals surface area contributed by atoms with Crippen LogP contribution in [0.5, 0.6) is 0 Å². The van der Waals surface area contributed by atoms with E-state index < -0.39 is 0 Å². The Morgan fingerprint density at radius 3 is 2.76 bits per heavy atom. The third-order valence-electron chi connectivity index (χ3n) is 3.44. The lowest BCUT2D eigenvalue weighted by molar-refractivity contribution is 0.893. The van der Waals surface area contributed by atoms with Crippen LogP contribution in [-0.4, -0.2) is 36.2 Å². The van der Waals surface area contributed by atoms with Crippen molar-refractivity contribution in [2.75, 3.05) is 12.4 Å². The monoisotopic (exact) mass is 279 g/mol. The molecule has 0 saturated carbocycles. The van der Waals surface area contributed by atoms with Gasteiger partial charge in [0.25, 0.3) is 0 Å². The van der Waals surface area contributed by atoms with E-state index in [0.29, 0.717) is 5.95 Å². The molecule has 0 amide bonds. The molecule has 104 valence electrons. The zero-order chi connectivity index (χ0) is 14.4. The number of nitrogens with one attached hydrogen (secondary N) is 1. The highest BCUT2D eigenvalue weighted by molar-refractivity contribution is 5.81. The Bertz CT molecular complexity index is 950. The molecule has 4 aromatic heterocycles. The number of nitrogens with zero attached hydrogens (tertiary/aromatic N) is 6. The van der Waals surface area contributed by atoms with Crippen LogP contribution in [-0.2, 0) is 0 Å². The summed E-state index contributed by atoms with van der Waals surface area (Å²) in [5.74, 6) is 0.598. The van der Waals surface area contributed by atoms with Crippen molar-refractivity contribution in [3.8, 4) is 11.3 Å². The molecule has 7 heteroatoms. The lowest BCUT2D eigenvalue weighted by Crippen LogP contribution is -2.03. The number of anilines is 1. The predicted octanol–water partition coefficient (Wildman–Crippen LogP) is 1.79. The molecule has 0 fully saturated rings.